The monoisotopic (exact) mass is 970 g/mol. The number of hydrogen-bond donors (Lipinski definition) is 8. The molecule has 1 aromatic heterocycles. The fourth-order valence-corrected chi connectivity index (χ4v) is 7.96. The minimum absolute atomic E-state index is 0.0389. The Labute approximate surface area is 371 Å². The van der Waals surface area contributed by atoms with Crippen molar-refractivity contribution in [2.45, 2.75) is 28.5 Å². The van der Waals surface area contributed by atoms with Gasteiger partial charge in [0.15, 0.2) is 17.1 Å². The molecule has 25 nitrogen and oxygen atoms in total. The molecule has 0 saturated heterocycles. The van der Waals surface area contributed by atoms with Crippen molar-refractivity contribution in [1.82, 2.24) is 9.78 Å². The third kappa shape index (κ3) is 10.6. The molecule has 6 aromatic rings. The van der Waals surface area contributed by atoms with Crippen molar-refractivity contribution in [3.8, 4) is 22.9 Å². The predicted octanol–water partition coefficient (Wildman–Crippen LogP) is 6.07. The Hall–Kier alpha value is -7.31. The van der Waals surface area contributed by atoms with Gasteiger partial charge in [0.2, 0.25) is 0 Å². The number of nitrogens with zero attached hydrogens (tertiary/aromatic N) is 7. The van der Waals surface area contributed by atoms with Crippen molar-refractivity contribution in [2.75, 3.05) is 26.4 Å². The lowest BCUT2D eigenvalue weighted by atomic mass is 10.1. The number of nitrogens with one attached hydrogen (secondary N) is 1. The van der Waals surface area contributed by atoms with Crippen molar-refractivity contribution >= 4 is 81.2 Å². The van der Waals surface area contributed by atoms with Gasteiger partial charge < -0.3 is 29.9 Å². The van der Waals surface area contributed by atoms with E-state index in [-0.39, 0.29) is 74.4 Å². The molecule has 0 fully saturated rings. The Morgan fingerprint density at radius 2 is 1.21 bits per heavy atom. The summed E-state index contributed by atoms with van der Waals surface area (Å²) in [6, 6.07) is 13.7. The van der Waals surface area contributed by atoms with Crippen LogP contribution >= 0.6 is 0 Å². The highest BCUT2D eigenvalue weighted by molar-refractivity contribution is 7.86. The number of rotatable bonds is 17. The van der Waals surface area contributed by atoms with E-state index in [4.69, 9.17) is 9.47 Å². The van der Waals surface area contributed by atoms with Crippen LogP contribution in [0.2, 0.25) is 0 Å². The molecule has 66 heavy (non-hydrogen) atoms. The number of aromatic hydroxyl groups is 1. The molecule has 5 aromatic carbocycles. The van der Waals surface area contributed by atoms with Crippen LogP contribution in [-0.2, 0) is 30.4 Å². The number of carboxylic acid groups (broad SMARTS) is 1. The Balaban J connectivity index is 1.39. The maximum absolute atomic E-state index is 13.2. The number of carbonyl (C=O) groups is 1. The van der Waals surface area contributed by atoms with E-state index < -0.39 is 87.7 Å². The van der Waals surface area contributed by atoms with E-state index >= 15 is 0 Å². The highest BCUT2D eigenvalue weighted by Gasteiger charge is 2.25. The van der Waals surface area contributed by atoms with Crippen molar-refractivity contribution < 1.29 is 73.6 Å². The lowest BCUT2D eigenvalue weighted by Gasteiger charge is -2.13. The number of phenolic OH excluding ortho intramolecular Hbond substituents is 1. The van der Waals surface area contributed by atoms with Crippen LogP contribution in [0.4, 0.5) is 34.1 Å². The van der Waals surface area contributed by atoms with Crippen LogP contribution in [0.3, 0.4) is 0 Å². The van der Waals surface area contributed by atoms with Crippen LogP contribution in [0, 0.1) is 13.8 Å². The van der Waals surface area contributed by atoms with Gasteiger partial charge in [-0.05, 0) is 91.0 Å². The average Bonchev–Trinajstić information content (AvgIpc) is 3.58. The molecule has 6 rings (SSSR count). The summed E-state index contributed by atoms with van der Waals surface area (Å²) in [5.74, 6) is -2.69. The fourth-order valence-electron chi connectivity index (χ4n) is 6.03. The number of ether oxygens (including phenoxy) is 2. The van der Waals surface area contributed by atoms with Crippen LogP contribution in [0.1, 0.15) is 21.6 Å². The van der Waals surface area contributed by atoms with Gasteiger partial charge >= 0.3 is 5.97 Å². The molecule has 0 radical (unpaired) electrons. The number of aryl methyl sites for hydroxylation is 2. The van der Waals surface area contributed by atoms with Gasteiger partial charge in [0.1, 0.15) is 46.7 Å². The molecule has 0 spiro atoms. The number of carboxylic acids is 1. The summed E-state index contributed by atoms with van der Waals surface area (Å²) in [6.07, 6.45) is 0. The van der Waals surface area contributed by atoms with Crippen LogP contribution in [0.25, 0.3) is 16.5 Å². The maximum atomic E-state index is 13.2. The second-order valence-electron chi connectivity index (χ2n) is 13.6. The fraction of sp³-hybridized carbons (Fsp3) is 0.158. The smallest absolute Gasteiger partial charge is 0.356 e. The number of benzene rings is 5. The number of fused-ring (bicyclic) bond motifs is 1. The third-order valence-corrected chi connectivity index (χ3v) is 11.8. The molecule has 8 N–H and O–H groups in total. The zero-order chi connectivity index (χ0) is 48.3. The number of aromatic amines is 1. The van der Waals surface area contributed by atoms with Crippen molar-refractivity contribution in [2.24, 2.45) is 30.7 Å². The van der Waals surface area contributed by atoms with E-state index in [1.807, 2.05) is 0 Å². The molecule has 0 bridgehead atoms. The van der Waals surface area contributed by atoms with Gasteiger partial charge in [-0.25, -0.2) is 9.48 Å². The molecule has 0 amide bonds. The summed E-state index contributed by atoms with van der Waals surface area (Å²) in [6.45, 7) is 1.40. The van der Waals surface area contributed by atoms with Gasteiger partial charge in [0.05, 0.1) is 40.1 Å². The topological polar surface area (TPSA) is 392 Å². The van der Waals surface area contributed by atoms with Crippen LogP contribution in [0.5, 0.6) is 17.2 Å². The Bertz CT molecular complexity index is 3410. The van der Waals surface area contributed by atoms with Gasteiger partial charge in [-0.15, -0.1) is 20.5 Å². The molecule has 346 valence electrons. The lowest BCUT2D eigenvalue weighted by Crippen LogP contribution is -2.14. The summed E-state index contributed by atoms with van der Waals surface area (Å²) in [5.41, 5.74) is -2.97. The lowest BCUT2D eigenvalue weighted by molar-refractivity contribution is 0.0690. The summed E-state index contributed by atoms with van der Waals surface area (Å²) >= 11 is 0. The minimum Gasteiger partial charge on any atom is -0.505 e. The molecule has 0 atom stereocenters. The number of aliphatic hydroxyl groups is 2. The van der Waals surface area contributed by atoms with Crippen molar-refractivity contribution in [1.29, 1.82) is 0 Å². The summed E-state index contributed by atoms with van der Waals surface area (Å²) in [7, 11) is -14.3. The number of H-pyrrole nitrogens is 1. The average molecular weight is 971 g/mol. The SMILES string of the molecule is Cc1cc(S(=O)(=O)O)c(C)cc1N=Nc1cc(OCCO)c(N=Nc2c(S(=O)(=O)O)cc3cc(N=Nc4c(C(=O)O)[nH]n(-c5ccc(S(=O)(=O)O)cc5)c4=O)ccc3c2O)cc1OCCO. The first-order valence-electron chi connectivity index (χ1n) is 18.4. The Kier molecular flexibility index (Phi) is 13.9. The number of aromatic carboxylic acids is 1. The van der Waals surface area contributed by atoms with E-state index in [0.29, 0.717) is 5.56 Å². The Morgan fingerprint density at radius 1 is 0.652 bits per heavy atom. The van der Waals surface area contributed by atoms with E-state index in [2.05, 4.69) is 35.8 Å². The summed E-state index contributed by atoms with van der Waals surface area (Å²) in [4.78, 5) is 23.5. The zero-order valence-corrected chi connectivity index (χ0v) is 36.3. The first kappa shape index (κ1) is 48.2. The van der Waals surface area contributed by atoms with Crippen molar-refractivity contribution in [3.05, 3.63) is 100.0 Å². The number of phenols is 1. The van der Waals surface area contributed by atoms with Crippen molar-refractivity contribution in [3.63, 3.8) is 0 Å². The molecule has 0 aliphatic rings. The quantitative estimate of drug-likeness (QED) is 0.0380. The standard InChI is InChI=1S/C38H34N8O17S3/c1-19-14-31(65(56,57)58)20(2)13-26(19)40-41-27-17-30(63-12-10-48)28(18-29(27)62-11-9-47)42-43-33-32(66(59,60)61)16-21-15-22(3-8-25(21)36(33)49)39-44-34-35(38(51)52)45-46(37(34)50)23-4-6-24(7-5-23)64(53,54)55/h3-8,13-18,45,47-49H,9-12H2,1-2H3,(H,51,52)(H,53,54,55)(H,56,57,58)(H,59,60,61). The first-order valence-corrected chi connectivity index (χ1v) is 22.8. The highest BCUT2D eigenvalue weighted by atomic mass is 32.2. The third-order valence-electron chi connectivity index (χ3n) is 9.08. The zero-order valence-electron chi connectivity index (χ0n) is 33.8. The molecular weight excluding hydrogens is 937 g/mol. The van der Waals surface area contributed by atoms with Gasteiger partial charge in [0, 0.05) is 17.5 Å². The molecule has 0 aliphatic carbocycles. The number of aromatic nitrogens is 2. The summed E-state index contributed by atoms with van der Waals surface area (Å²) < 4.78 is 113. The second-order valence-corrected chi connectivity index (χ2v) is 17.8. The predicted molar refractivity (Wildman–Crippen MR) is 228 cm³/mol. The van der Waals surface area contributed by atoms with Gasteiger partial charge in [-0.2, -0.15) is 35.5 Å². The highest BCUT2D eigenvalue weighted by Crippen LogP contribution is 2.45. The van der Waals surface area contributed by atoms with Crippen LogP contribution < -0.4 is 15.0 Å². The molecule has 0 saturated carbocycles. The van der Waals surface area contributed by atoms with Gasteiger partial charge in [0.25, 0.3) is 35.9 Å². The van der Waals surface area contributed by atoms with E-state index in [1.165, 1.54) is 56.3 Å². The molecule has 0 unspecified atom stereocenters. The van der Waals surface area contributed by atoms with Gasteiger partial charge in [-0.1, -0.05) is 0 Å². The maximum Gasteiger partial charge on any atom is 0.356 e. The first-order chi connectivity index (χ1) is 31.0. The molecule has 0 aliphatic heterocycles. The van der Waals surface area contributed by atoms with Crippen LogP contribution in [0.15, 0.2) is 123 Å². The number of aliphatic hydroxyl groups excluding tert-OH is 2. The molecule has 28 heteroatoms. The normalized spacial score (nSPS) is 12.5. The summed E-state index contributed by atoms with van der Waals surface area (Å²) in [5, 5.41) is 66.2. The molecule has 1 heterocycles. The molecular formula is C38H34N8O17S3. The van der Waals surface area contributed by atoms with Crippen LogP contribution in [-0.4, -0.2) is 102 Å². The van der Waals surface area contributed by atoms with E-state index in [0.717, 1.165) is 35.0 Å². The van der Waals surface area contributed by atoms with E-state index in [1.54, 1.807) is 0 Å². The Morgan fingerprint density at radius 3 is 1.76 bits per heavy atom. The van der Waals surface area contributed by atoms with E-state index in [9.17, 15) is 68.9 Å². The second kappa shape index (κ2) is 19.0. The minimum atomic E-state index is -5.20. The number of hydrogen-bond acceptors (Lipinski definition) is 19. The largest absolute Gasteiger partial charge is 0.505 e. The van der Waals surface area contributed by atoms with Gasteiger partial charge in [-0.3, -0.25) is 23.6 Å². The number of azo groups is 3.